The zero-order chi connectivity index (χ0) is 19.2. The number of ether oxygens (including phenoxy) is 3. The monoisotopic (exact) mass is 346 g/mol. The molecule has 2 aromatic carbocycles. The maximum Gasteiger partial charge on any atom is 0.160 e. The Hall–Kier alpha value is -2.16. The van der Waals surface area contributed by atoms with Gasteiger partial charge in [0.1, 0.15) is 5.75 Å². The molecule has 0 amide bonds. The van der Waals surface area contributed by atoms with Crippen molar-refractivity contribution >= 4 is 0 Å². The van der Waals surface area contributed by atoms with E-state index in [0.717, 1.165) is 23.7 Å². The highest BCUT2D eigenvalue weighted by atomic mass is 16.5. The van der Waals surface area contributed by atoms with Crippen LogP contribution < -0.4 is 14.2 Å². The summed E-state index contributed by atoms with van der Waals surface area (Å²) in [6, 6.07) is 14.1. The van der Waals surface area contributed by atoms with E-state index in [-0.39, 0.29) is 0 Å². The predicted octanol–water partition coefficient (Wildman–Crippen LogP) is 6.11. The SMILES string of the molecule is CC.CCc1ccc(OC)c(OC)c1.COc1cccc(C(C)C)c1. The van der Waals surface area contributed by atoms with Gasteiger partial charge in [0.05, 0.1) is 21.3 Å². The molecule has 2 rings (SSSR count). The molecule has 0 aliphatic heterocycles. The molecule has 0 radical (unpaired) electrons. The molecule has 3 heteroatoms. The highest BCUT2D eigenvalue weighted by Crippen LogP contribution is 2.27. The van der Waals surface area contributed by atoms with E-state index in [1.54, 1.807) is 21.3 Å². The van der Waals surface area contributed by atoms with Crippen LogP contribution in [0.5, 0.6) is 17.2 Å². The van der Waals surface area contributed by atoms with E-state index in [4.69, 9.17) is 14.2 Å². The van der Waals surface area contributed by atoms with Crippen molar-refractivity contribution in [1.29, 1.82) is 0 Å². The quantitative estimate of drug-likeness (QED) is 0.653. The van der Waals surface area contributed by atoms with Gasteiger partial charge in [-0.05, 0) is 47.7 Å². The van der Waals surface area contributed by atoms with Gasteiger partial charge in [-0.1, -0.05) is 52.8 Å². The summed E-state index contributed by atoms with van der Waals surface area (Å²) >= 11 is 0. The van der Waals surface area contributed by atoms with Gasteiger partial charge in [0.25, 0.3) is 0 Å². The van der Waals surface area contributed by atoms with Crippen LogP contribution in [0.4, 0.5) is 0 Å². The van der Waals surface area contributed by atoms with Crippen molar-refractivity contribution in [3.63, 3.8) is 0 Å². The van der Waals surface area contributed by atoms with Crippen LogP contribution in [0.25, 0.3) is 0 Å². The minimum absolute atomic E-state index is 0.574. The third-order valence-electron chi connectivity index (χ3n) is 3.62. The molecule has 3 nitrogen and oxygen atoms in total. The van der Waals surface area contributed by atoms with Crippen molar-refractivity contribution in [3.05, 3.63) is 53.6 Å². The third kappa shape index (κ3) is 7.97. The molecule has 0 bridgehead atoms. The molecule has 0 saturated carbocycles. The Morgan fingerprint density at radius 3 is 1.92 bits per heavy atom. The summed E-state index contributed by atoms with van der Waals surface area (Å²) in [7, 11) is 4.99. The summed E-state index contributed by atoms with van der Waals surface area (Å²) in [5, 5.41) is 0. The van der Waals surface area contributed by atoms with Gasteiger partial charge in [-0.25, -0.2) is 0 Å². The Morgan fingerprint density at radius 2 is 1.44 bits per heavy atom. The zero-order valence-corrected chi connectivity index (χ0v) is 17.1. The molecular weight excluding hydrogens is 312 g/mol. The summed E-state index contributed by atoms with van der Waals surface area (Å²) in [4.78, 5) is 0. The van der Waals surface area contributed by atoms with Gasteiger partial charge in [-0.3, -0.25) is 0 Å². The number of hydrogen-bond donors (Lipinski definition) is 0. The summed E-state index contributed by atoms with van der Waals surface area (Å²) < 4.78 is 15.4. The molecule has 0 aromatic heterocycles. The van der Waals surface area contributed by atoms with Crippen molar-refractivity contribution in [3.8, 4) is 17.2 Å². The lowest BCUT2D eigenvalue weighted by Gasteiger charge is -2.07. The summed E-state index contributed by atoms with van der Waals surface area (Å²) in [5.41, 5.74) is 2.58. The average molecular weight is 347 g/mol. The van der Waals surface area contributed by atoms with Crippen molar-refractivity contribution < 1.29 is 14.2 Å². The standard InChI is InChI=1S/C10H14O2.C10H14O.C2H6/c1-4-8-5-6-9(11-2)10(7-8)12-3;1-8(2)9-5-4-6-10(7-9)11-3;1-2/h5-7H,4H2,1-3H3;4-8H,1-3H3;1-2H3. The molecular formula is C22H34O3. The number of benzene rings is 2. The Kier molecular flexibility index (Phi) is 12.0. The first kappa shape index (κ1) is 22.8. The normalized spacial score (nSPS) is 9.32. The minimum atomic E-state index is 0.574. The molecule has 25 heavy (non-hydrogen) atoms. The molecule has 0 N–H and O–H groups in total. The van der Waals surface area contributed by atoms with Crippen molar-refractivity contribution in [2.75, 3.05) is 21.3 Å². The summed E-state index contributed by atoms with van der Waals surface area (Å²) in [5.74, 6) is 3.10. The van der Waals surface area contributed by atoms with Crippen LogP contribution in [-0.2, 0) is 6.42 Å². The molecule has 0 aliphatic rings. The van der Waals surface area contributed by atoms with Gasteiger partial charge in [0, 0.05) is 0 Å². The van der Waals surface area contributed by atoms with E-state index in [2.05, 4.69) is 32.9 Å². The van der Waals surface area contributed by atoms with Crippen LogP contribution in [-0.4, -0.2) is 21.3 Å². The van der Waals surface area contributed by atoms with Gasteiger partial charge in [0.15, 0.2) is 11.5 Å². The van der Waals surface area contributed by atoms with Crippen molar-refractivity contribution in [1.82, 2.24) is 0 Å². The fourth-order valence-electron chi connectivity index (χ4n) is 2.10. The van der Waals surface area contributed by atoms with E-state index in [9.17, 15) is 0 Å². The first-order valence-electron chi connectivity index (χ1n) is 8.90. The average Bonchev–Trinajstić information content (AvgIpc) is 2.69. The smallest absolute Gasteiger partial charge is 0.160 e. The maximum atomic E-state index is 5.15. The number of aryl methyl sites for hydroxylation is 1. The van der Waals surface area contributed by atoms with Crippen molar-refractivity contribution in [2.45, 2.75) is 47.0 Å². The zero-order valence-electron chi connectivity index (χ0n) is 17.1. The number of hydrogen-bond acceptors (Lipinski definition) is 3. The van der Waals surface area contributed by atoms with Crippen LogP contribution >= 0.6 is 0 Å². The highest BCUT2D eigenvalue weighted by Gasteiger charge is 2.02. The van der Waals surface area contributed by atoms with Crippen LogP contribution in [0.15, 0.2) is 42.5 Å². The van der Waals surface area contributed by atoms with Gasteiger partial charge >= 0.3 is 0 Å². The van der Waals surface area contributed by atoms with E-state index >= 15 is 0 Å². The minimum Gasteiger partial charge on any atom is -0.497 e. The van der Waals surface area contributed by atoms with E-state index in [1.807, 2.05) is 44.2 Å². The van der Waals surface area contributed by atoms with Crippen LogP contribution in [0.3, 0.4) is 0 Å². The first-order chi connectivity index (χ1) is 12.0. The highest BCUT2D eigenvalue weighted by molar-refractivity contribution is 5.42. The molecule has 0 unspecified atom stereocenters. The lowest BCUT2D eigenvalue weighted by molar-refractivity contribution is 0.354. The lowest BCUT2D eigenvalue weighted by Crippen LogP contribution is -1.91. The number of rotatable bonds is 5. The molecule has 0 spiro atoms. The summed E-state index contributed by atoms with van der Waals surface area (Å²) in [6.07, 6.45) is 1.01. The van der Waals surface area contributed by atoms with E-state index in [1.165, 1.54) is 11.1 Å². The maximum absolute atomic E-state index is 5.15. The molecule has 0 saturated heterocycles. The molecule has 0 atom stereocenters. The Bertz CT molecular complexity index is 592. The van der Waals surface area contributed by atoms with Gasteiger partial charge in [-0.15, -0.1) is 0 Å². The van der Waals surface area contributed by atoms with E-state index < -0.39 is 0 Å². The Balaban J connectivity index is 0.000000421. The fraction of sp³-hybridized carbons (Fsp3) is 0.455. The molecule has 2 aromatic rings. The van der Waals surface area contributed by atoms with Crippen LogP contribution in [0.2, 0.25) is 0 Å². The second kappa shape index (κ2) is 13.2. The van der Waals surface area contributed by atoms with Crippen LogP contribution in [0.1, 0.15) is 51.7 Å². The number of methoxy groups -OCH3 is 3. The predicted molar refractivity (Wildman–Crippen MR) is 107 cm³/mol. The van der Waals surface area contributed by atoms with Gasteiger partial charge < -0.3 is 14.2 Å². The van der Waals surface area contributed by atoms with E-state index in [0.29, 0.717) is 5.92 Å². The third-order valence-corrected chi connectivity index (χ3v) is 3.62. The summed E-state index contributed by atoms with van der Waals surface area (Å²) in [6.45, 7) is 10.5. The topological polar surface area (TPSA) is 27.7 Å². The Labute approximate surface area is 153 Å². The van der Waals surface area contributed by atoms with Gasteiger partial charge in [0.2, 0.25) is 0 Å². The first-order valence-corrected chi connectivity index (χ1v) is 8.90. The van der Waals surface area contributed by atoms with Crippen molar-refractivity contribution in [2.24, 2.45) is 0 Å². The second-order valence-electron chi connectivity index (χ2n) is 5.47. The second-order valence-corrected chi connectivity index (χ2v) is 5.47. The molecule has 140 valence electrons. The molecule has 0 aliphatic carbocycles. The molecule has 0 heterocycles. The van der Waals surface area contributed by atoms with Crippen LogP contribution in [0, 0.1) is 0 Å². The van der Waals surface area contributed by atoms with Gasteiger partial charge in [-0.2, -0.15) is 0 Å². The lowest BCUT2D eigenvalue weighted by atomic mass is 10.0. The fourth-order valence-corrected chi connectivity index (χ4v) is 2.10. The largest absolute Gasteiger partial charge is 0.497 e. The molecule has 0 fully saturated rings. The Morgan fingerprint density at radius 1 is 0.800 bits per heavy atom.